The molecule has 0 saturated carbocycles. The van der Waals surface area contributed by atoms with Crippen LogP contribution in [0.1, 0.15) is 0 Å². The first-order chi connectivity index (χ1) is 8.91. The minimum atomic E-state index is -4.83. The fraction of sp³-hybridized carbons (Fsp3) is 1.00. The number of rotatable bonds is 5. The molecule has 0 aliphatic carbocycles. The monoisotopic (exact) mass is 339 g/mol. The molecule has 12 nitrogen and oxygen atoms in total. The van der Waals surface area contributed by atoms with Crippen LogP contribution in [0.2, 0.25) is 0 Å². The molecule has 6 N–H and O–H groups in total. The number of aliphatic hydroxyl groups excluding tert-OH is 3. The molecule has 0 amide bonds. The van der Waals surface area contributed by atoms with Crippen molar-refractivity contribution in [3.63, 3.8) is 0 Å². The van der Waals surface area contributed by atoms with Crippen LogP contribution in [-0.4, -0.2) is 78.5 Å². The first-order valence-corrected chi connectivity index (χ1v) is 7.77. The van der Waals surface area contributed by atoms with E-state index in [9.17, 15) is 32.2 Å². The minimum Gasteiger partial charge on any atom is -0.388 e. The largest absolute Gasteiger partial charge is 0.397 e. The van der Waals surface area contributed by atoms with Crippen molar-refractivity contribution in [1.29, 1.82) is 0 Å². The third kappa shape index (κ3) is 5.17. The lowest BCUT2D eigenvalue weighted by atomic mass is 9.98. The van der Waals surface area contributed by atoms with E-state index in [1.54, 1.807) is 0 Å². The summed E-state index contributed by atoms with van der Waals surface area (Å²) in [4.78, 5) is 0. The van der Waals surface area contributed by atoms with Gasteiger partial charge in [0.05, 0.1) is 6.61 Å². The second kappa shape index (κ2) is 6.14. The van der Waals surface area contributed by atoms with Crippen molar-refractivity contribution >= 4 is 20.7 Å². The number of hydrogen-bond donors (Lipinski definition) is 6. The van der Waals surface area contributed by atoms with Gasteiger partial charge in [0.2, 0.25) is 0 Å². The standard InChI is InChI=1S/C6H13NO11S2/c8-4-2(1-17-20(14,15)16)18-6(10)3(5(4)9)7-19(11,12)13/h2-10H,1H2,(H,11,12,13)(H,14,15,16)/t2-,3+,4-,5-,6?/m1/s1. The molecule has 0 aromatic heterocycles. The summed E-state index contributed by atoms with van der Waals surface area (Å²) in [5, 5.41) is 28.6. The Balaban J connectivity index is 2.76. The Bertz CT molecular complexity index is 527. The average molecular weight is 339 g/mol. The molecule has 0 radical (unpaired) electrons. The highest BCUT2D eigenvalue weighted by atomic mass is 32.3. The lowest BCUT2D eigenvalue weighted by molar-refractivity contribution is -0.250. The SMILES string of the molecule is O=S(=O)(O)N[C@@H]1C(O)O[C@H](COS(=O)(=O)O)[C@@H](O)[C@@H]1O. The van der Waals surface area contributed by atoms with Crippen molar-refractivity contribution in [2.24, 2.45) is 0 Å². The Morgan fingerprint density at radius 1 is 1.05 bits per heavy atom. The Labute approximate surface area is 113 Å². The van der Waals surface area contributed by atoms with E-state index < -0.39 is 58.0 Å². The molecule has 1 fully saturated rings. The van der Waals surface area contributed by atoms with Crippen LogP contribution >= 0.6 is 0 Å². The van der Waals surface area contributed by atoms with Crippen molar-refractivity contribution in [3.05, 3.63) is 0 Å². The van der Waals surface area contributed by atoms with Crippen LogP contribution in [0.4, 0.5) is 0 Å². The zero-order valence-corrected chi connectivity index (χ0v) is 11.2. The summed E-state index contributed by atoms with van der Waals surface area (Å²) in [6.45, 7) is -0.938. The lowest BCUT2D eigenvalue weighted by Gasteiger charge is -2.39. The third-order valence-electron chi connectivity index (χ3n) is 2.39. The molecule has 0 bridgehead atoms. The van der Waals surface area contributed by atoms with E-state index in [1.165, 1.54) is 4.72 Å². The highest BCUT2D eigenvalue weighted by molar-refractivity contribution is 7.83. The van der Waals surface area contributed by atoms with Gasteiger partial charge in [0, 0.05) is 0 Å². The van der Waals surface area contributed by atoms with Crippen LogP contribution in [0.25, 0.3) is 0 Å². The molecule has 0 spiro atoms. The van der Waals surface area contributed by atoms with E-state index in [2.05, 4.69) is 8.92 Å². The summed E-state index contributed by atoms with van der Waals surface area (Å²) in [5.74, 6) is 0. The topological polar surface area (TPSA) is 200 Å². The lowest BCUT2D eigenvalue weighted by Crippen LogP contribution is -2.64. The van der Waals surface area contributed by atoms with Gasteiger partial charge in [0.15, 0.2) is 6.29 Å². The van der Waals surface area contributed by atoms with E-state index in [4.69, 9.17) is 9.11 Å². The highest BCUT2D eigenvalue weighted by Crippen LogP contribution is 2.21. The molecule has 1 saturated heterocycles. The molecule has 0 aromatic carbocycles. The van der Waals surface area contributed by atoms with Crippen molar-refractivity contribution in [1.82, 2.24) is 4.72 Å². The second-order valence-corrected chi connectivity index (χ2v) is 6.15. The van der Waals surface area contributed by atoms with Gasteiger partial charge in [0.25, 0.3) is 0 Å². The molecule has 20 heavy (non-hydrogen) atoms. The summed E-state index contributed by atoms with van der Waals surface area (Å²) in [6.07, 6.45) is -7.37. The quantitative estimate of drug-likeness (QED) is 0.267. The zero-order chi connectivity index (χ0) is 15.7. The molecular weight excluding hydrogens is 326 g/mol. The third-order valence-corrected chi connectivity index (χ3v) is 3.39. The Morgan fingerprint density at radius 2 is 1.60 bits per heavy atom. The van der Waals surface area contributed by atoms with Gasteiger partial charge >= 0.3 is 20.7 Å². The first-order valence-electron chi connectivity index (χ1n) is 4.97. The van der Waals surface area contributed by atoms with Crippen molar-refractivity contribution < 1.29 is 50.2 Å². The van der Waals surface area contributed by atoms with E-state index in [0.717, 1.165) is 0 Å². The molecule has 1 heterocycles. The van der Waals surface area contributed by atoms with Crippen molar-refractivity contribution in [2.45, 2.75) is 30.6 Å². The van der Waals surface area contributed by atoms with Crippen molar-refractivity contribution in [2.75, 3.05) is 6.61 Å². The average Bonchev–Trinajstić information content (AvgIpc) is 2.25. The maximum absolute atomic E-state index is 10.6. The summed E-state index contributed by atoms with van der Waals surface area (Å²) < 4.78 is 68.7. The zero-order valence-electron chi connectivity index (χ0n) is 9.60. The van der Waals surface area contributed by atoms with E-state index in [0.29, 0.717) is 0 Å². The fourth-order valence-corrected chi connectivity index (χ4v) is 2.44. The van der Waals surface area contributed by atoms with E-state index in [-0.39, 0.29) is 0 Å². The molecule has 1 unspecified atom stereocenters. The summed E-state index contributed by atoms with van der Waals surface area (Å²) in [6, 6.07) is -1.79. The van der Waals surface area contributed by atoms with Gasteiger partial charge in [-0.2, -0.15) is 21.6 Å². The molecule has 1 aliphatic rings. The van der Waals surface area contributed by atoms with Crippen LogP contribution in [0, 0.1) is 0 Å². The second-order valence-electron chi connectivity index (χ2n) is 3.88. The predicted octanol–water partition coefficient (Wildman–Crippen LogP) is -3.99. The van der Waals surface area contributed by atoms with Crippen LogP contribution in [0.15, 0.2) is 0 Å². The molecule has 120 valence electrons. The maximum atomic E-state index is 10.6. The van der Waals surface area contributed by atoms with Gasteiger partial charge in [-0.1, -0.05) is 0 Å². The Kier molecular flexibility index (Phi) is 5.41. The highest BCUT2D eigenvalue weighted by Gasteiger charge is 2.45. The van der Waals surface area contributed by atoms with Crippen LogP contribution in [-0.2, 0) is 29.6 Å². The molecule has 1 rings (SSSR count). The van der Waals surface area contributed by atoms with Gasteiger partial charge in [-0.3, -0.25) is 9.11 Å². The number of aliphatic hydroxyl groups is 3. The number of ether oxygens (including phenoxy) is 1. The first kappa shape index (κ1) is 17.6. The van der Waals surface area contributed by atoms with Gasteiger partial charge < -0.3 is 20.1 Å². The predicted molar refractivity (Wildman–Crippen MR) is 58.9 cm³/mol. The Morgan fingerprint density at radius 3 is 2.05 bits per heavy atom. The Hall–Kier alpha value is -0.420. The van der Waals surface area contributed by atoms with E-state index in [1.807, 2.05) is 0 Å². The molecule has 14 heteroatoms. The van der Waals surface area contributed by atoms with Gasteiger partial charge in [-0.05, 0) is 0 Å². The molecular formula is C6H13NO11S2. The minimum absolute atomic E-state index is 0.938. The van der Waals surface area contributed by atoms with Crippen molar-refractivity contribution in [3.8, 4) is 0 Å². The van der Waals surface area contributed by atoms with Gasteiger partial charge in [0.1, 0.15) is 24.4 Å². The van der Waals surface area contributed by atoms with Crippen LogP contribution < -0.4 is 4.72 Å². The van der Waals surface area contributed by atoms with Gasteiger partial charge in [-0.25, -0.2) is 4.18 Å². The van der Waals surface area contributed by atoms with E-state index >= 15 is 0 Å². The number of nitrogens with one attached hydrogen (secondary N) is 1. The fourth-order valence-electron chi connectivity index (χ4n) is 1.54. The van der Waals surface area contributed by atoms with Gasteiger partial charge in [-0.15, -0.1) is 0 Å². The summed E-state index contributed by atoms with van der Waals surface area (Å²) in [5.41, 5.74) is 0. The van der Waals surface area contributed by atoms with Crippen LogP contribution in [0.5, 0.6) is 0 Å². The smallest absolute Gasteiger partial charge is 0.388 e. The normalized spacial score (nSPS) is 36.0. The number of hydrogen-bond acceptors (Lipinski definition) is 9. The molecule has 0 aromatic rings. The molecule has 5 atom stereocenters. The van der Waals surface area contributed by atoms with Crippen LogP contribution in [0.3, 0.4) is 0 Å². The summed E-state index contributed by atoms with van der Waals surface area (Å²) in [7, 11) is -9.62. The molecule has 1 aliphatic heterocycles. The summed E-state index contributed by atoms with van der Waals surface area (Å²) >= 11 is 0. The maximum Gasteiger partial charge on any atom is 0.397 e.